The van der Waals surface area contributed by atoms with Crippen molar-refractivity contribution in [1.29, 1.82) is 0 Å². The van der Waals surface area contributed by atoms with E-state index in [-0.39, 0.29) is 11.9 Å². The van der Waals surface area contributed by atoms with Crippen LogP contribution < -0.4 is 15.5 Å². The molecule has 2 N–H and O–H groups in total. The summed E-state index contributed by atoms with van der Waals surface area (Å²) in [5.74, 6) is -0.195. The van der Waals surface area contributed by atoms with Crippen LogP contribution in [0.5, 0.6) is 0 Å². The fourth-order valence-corrected chi connectivity index (χ4v) is 1.93. The molecule has 100 valence electrons. The summed E-state index contributed by atoms with van der Waals surface area (Å²) in [5.41, 5.74) is 1.85. The lowest BCUT2D eigenvalue weighted by atomic mass is 10.2. The highest BCUT2D eigenvalue weighted by atomic mass is 16.2. The third kappa shape index (κ3) is 3.34. The van der Waals surface area contributed by atoms with Crippen LogP contribution in [0.2, 0.25) is 0 Å². The predicted octanol–water partition coefficient (Wildman–Crippen LogP) is 1.41. The predicted molar refractivity (Wildman–Crippen MR) is 73.8 cm³/mol. The molecule has 5 nitrogen and oxygen atoms in total. The molecule has 0 saturated carbocycles. The summed E-state index contributed by atoms with van der Waals surface area (Å²) in [5, 5.41) is 5.52. The summed E-state index contributed by atoms with van der Waals surface area (Å²) < 4.78 is 0. The Morgan fingerprint density at radius 2 is 2.16 bits per heavy atom. The van der Waals surface area contributed by atoms with Crippen LogP contribution in [0.4, 0.5) is 10.5 Å². The lowest BCUT2D eigenvalue weighted by Crippen LogP contribution is -2.46. The Hall–Kier alpha value is -2.30. The molecule has 19 heavy (non-hydrogen) atoms. The first-order valence-electron chi connectivity index (χ1n) is 6.25. The van der Waals surface area contributed by atoms with E-state index in [4.69, 9.17) is 0 Å². The number of nitrogens with one attached hydrogen (secondary N) is 2. The largest absolute Gasteiger partial charge is 0.348 e. The standard InChI is InChI=1S/C14H17N3O2/c1-2-13(18)16-10-11-4-6-12(7-5-11)17-9-3-8-15-14(17)19/h2,4-7H,1,3,8-10H2,(H,15,19)(H,16,18). The van der Waals surface area contributed by atoms with Crippen LogP contribution >= 0.6 is 0 Å². The Morgan fingerprint density at radius 1 is 1.42 bits per heavy atom. The molecule has 0 bridgehead atoms. The second-order valence-electron chi connectivity index (χ2n) is 4.33. The minimum atomic E-state index is -0.195. The molecule has 1 aromatic rings. The molecule has 1 aliphatic rings. The number of rotatable bonds is 4. The molecule has 3 amide bonds. The Labute approximate surface area is 112 Å². The van der Waals surface area contributed by atoms with E-state index in [2.05, 4.69) is 17.2 Å². The molecule has 0 atom stereocenters. The molecule has 0 aromatic heterocycles. The Balaban J connectivity index is 1.99. The molecule has 1 aromatic carbocycles. The van der Waals surface area contributed by atoms with Crippen LogP contribution in [0.15, 0.2) is 36.9 Å². The Morgan fingerprint density at radius 3 is 2.79 bits per heavy atom. The van der Waals surface area contributed by atoms with Crippen molar-refractivity contribution in [2.75, 3.05) is 18.0 Å². The highest BCUT2D eigenvalue weighted by Gasteiger charge is 2.18. The lowest BCUT2D eigenvalue weighted by Gasteiger charge is -2.27. The van der Waals surface area contributed by atoms with E-state index in [0.717, 1.165) is 30.8 Å². The average Bonchev–Trinajstić information content (AvgIpc) is 2.46. The fourth-order valence-electron chi connectivity index (χ4n) is 1.93. The van der Waals surface area contributed by atoms with Gasteiger partial charge in [-0.05, 0) is 30.2 Å². The van der Waals surface area contributed by atoms with E-state index in [1.807, 2.05) is 24.3 Å². The van der Waals surface area contributed by atoms with Crippen molar-refractivity contribution in [3.8, 4) is 0 Å². The molecule has 1 aliphatic heterocycles. The van der Waals surface area contributed by atoms with Gasteiger partial charge in [-0.3, -0.25) is 9.69 Å². The molecular formula is C14H17N3O2. The minimum Gasteiger partial charge on any atom is -0.348 e. The maximum absolute atomic E-state index is 11.7. The van der Waals surface area contributed by atoms with Crippen molar-refractivity contribution in [2.24, 2.45) is 0 Å². The smallest absolute Gasteiger partial charge is 0.321 e. The van der Waals surface area contributed by atoms with Crippen molar-refractivity contribution >= 4 is 17.6 Å². The zero-order valence-electron chi connectivity index (χ0n) is 10.7. The van der Waals surface area contributed by atoms with E-state index in [1.165, 1.54) is 6.08 Å². The van der Waals surface area contributed by atoms with Gasteiger partial charge in [-0.1, -0.05) is 18.7 Å². The molecule has 5 heteroatoms. The summed E-state index contributed by atoms with van der Waals surface area (Å²) in [4.78, 5) is 24.5. The Kier molecular flexibility index (Phi) is 4.18. The summed E-state index contributed by atoms with van der Waals surface area (Å²) in [6.45, 7) is 5.32. The van der Waals surface area contributed by atoms with Crippen LogP contribution in [0.1, 0.15) is 12.0 Å². The van der Waals surface area contributed by atoms with Gasteiger partial charge in [0.25, 0.3) is 0 Å². The summed E-state index contributed by atoms with van der Waals surface area (Å²) in [6.07, 6.45) is 2.19. The fraction of sp³-hybridized carbons (Fsp3) is 0.286. The number of hydrogen-bond donors (Lipinski definition) is 2. The molecular weight excluding hydrogens is 242 g/mol. The average molecular weight is 259 g/mol. The van der Waals surface area contributed by atoms with Gasteiger partial charge in [0.05, 0.1) is 0 Å². The first-order chi connectivity index (χ1) is 9.20. The van der Waals surface area contributed by atoms with E-state index in [0.29, 0.717) is 6.54 Å². The molecule has 0 spiro atoms. The van der Waals surface area contributed by atoms with Crippen molar-refractivity contribution in [3.05, 3.63) is 42.5 Å². The van der Waals surface area contributed by atoms with Crippen LogP contribution in [-0.2, 0) is 11.3 Å². The normalized spacial score (nSPS) is 14.7. The highest BCUT2D eigenvalue weighted by Crippen LogP contribution is 2.17. The maximum atomic E-state index is 11.7. The van der Waals surface area contributed by atoms with Crippen LogP contribution in [-0.4, -0.2) is 25.0 Å². The van der Waals surface area contributed by atoms with Gasteiger partial charge >= 0.3 is 6.03 Å². The highest BCUT2D eigenvalue weighted by molar-refractivity contribution is 5.92. The molecule has 1 heterocycles. The number of benzene rings is 1. The van der Waals surface area contributed by atoms with Crippen LogP contribution in [0.3, 0.4) is 0 Å². The number of carbonyl (C=O) groups is 2. The number of urea groups is 1. The zero-order chi connectivity index (χ0) is 13.7. The SMILES string of the molecule is C=CC(=O)NCc1ccc(N2CCCNC2=O)cc1. The van der Waals surface area contributed by atoms with E-state index >= 15 is 0 Å². The molecule has 1 fully saturated rings. The molecule has 0 aliphatic carbocycles. The number of hydrogen-bond acceptors (Lipinski definition) is 2. The van der Waals surface area contributed by atoms with Gasteiger partial charge < -0.3 is 10.6 Å². The third-order valence-corrected chi connectivity index (χ3v) is 2.98. The van der Waals surface area contributed by atoms with Gasteiger partial charge in [-0.25, -0.2) is 4.79 Å². The molecule has 0 radical (unpaired) electrons. The Bertz CT molecular complexity index is 482. The number of carbonyl (C=O) groups excluding carboxylic acids is 2. The number of anilines is 1. The zero-order valence-corrected chi connectivity index (χ0v) is 10.7. The van der Waals surface area contributed by atoms with E-state index < -0.39 is 0 Å². The van der Waals surface area contributed by atoms with Crippen LogP contribution in [0.25, 0.3) is 0 Å². The monoisotopic (exact) mass is 259 g/mol. The van der Waals surface area contributed by atoms with E-state index in [9.17, 15) is 9.59 Å². The summed E-state index contributed by atoms with van der Waals surface area (Å²) >= 11 is 0. The van der Waals surface area contributed by atoms with Gasteiger partial charge in [0, 0.05) is 25.3 Å². The maximum Gasteiger partial charge on any atom is 0.321 e. The first kappa shape index (κ1) is 13.1. The van der Waals surface area contributed by atoms with Gasteiger partial charge in [0.15, 0.2) is 0 Å². The van der Waals surface area contributed by atoms with Crippen molar-refractivity contribution in [1.82, 2.24) is 10.6 Å². The number of nitrogens with zero attached hydrogens (tertiary/aromatic N) is 1. The molecule has 1 saturated heterocycles. The lowest BCUT2D eigenvalue weighted by molar-refractivity contribution is -0.116. The van der Waals surface area contributed by atoms with Gasteiger partial charge in [-0.15, -0.1) is 0 Å². The van der Waals surface area contributed by atoms with Gasteiger partial charge in [0.2, 0.25) is 5.91 Å². The third-order valence-electron chi connectivity index (χ3n) is 2.98. The van der Waals surface area contributed by atoms with Gasteiger partial charge in [0.1, 0.15) is 0 Å². The second-order valence-corrected chi connectivity index (χ2v) is 4.33. The minimum absolute atomic E-state index is 0.0565. The van der Waals surface area contributed by atoms with Crippen LogP contribution in [0, 0.1) is 0 Å². The van der Waals surface area contributed by atoms with Gasteiger partial charge in [-0.2, -0.15) is 0 Å². The van der Waals surface area contributed by atoms with Crippen molar-refractivity contribution in [3.63, 3.8) is 0 Å². The number of amides is 3. The second kappa shape index (κ2) is 6.04. The summed E-state index contributed by atoms with van der Waals surface area (Å²) in [7, 11) is 0. The quantitative estimate of drug-likeness (QED) is 0.803. The van der Waals surface area contributed by atoms with E-state index in [1.54, 1.807) is 4.90 Å². The topological polar surface area (TPSA) is 61.4 Å². The first-order valence-corrected chi connectivity index (χ1v) is 6.25. The summed E-state index contributed by atoms with van der Waals surface area (Å²) in [6, 6.07) is 7.53. The molecule has 2 rings (SSSR count). The van der Waals surface area contributed by atoms with Crippen molar-refractivity contribution < 1.29 is 9.59 Å². The van der Waals surface area contributed by atoms with Crippen molar-refractivity contribution in [2.45, 2.75) is 13.0 Å². The molecule has 0 unspecified atom stereocenters.